The third-order valence-electron chi connectivity index (χ3n) is 6.51. The first-order chi connectivity index (χ1) is 19.0. The second-order valence-electron chi connectivity index (χ2n) is 9.33. The van der Waals surface area contributed by atoms with Crippen LogP contribution in [-0.2, 0) is 25.5 Å². The lowest BCUT2D eigenvalue weighted by molar-refractivity contribution is -0.125. The summed E-state index contributed by atoms with van der Waals surface area (Å²) < 4.78 is 5.05. The smallest absolute Gasteiger partial charge is 0.259 e. The van der Waals surface area contributed by atoms with Crippen LogP contribution in [0.5, 0.6) is 0 Å². The van der Waals surface area contributed by atoms with E-state index in [0.29, 0.717) is 49.2 Å². The molecule has 0 bridgehead atoms. The van der Waals surface area contributed by atoms with Gasteiger partial charge in [0.2, 0.25) is 11.8 Å². The van der Waals surface area contributed by atoms with Gasteiger partial charge in [0.05, 0.1) is 10.9 Å². The highest BCUT2D eigenvalue weighted by molar-refractivity contribution is 8.15. The van der Waals surface area contributed by atoms with Gasteiger partial charge in [-0.05, 0) is 43.4 Å². The molecule has 0 radical (unpaired) electrons. The lowest BCUT2D eigenvalue weighted by Crippen LogP contribution is -2.43. The molecule has 2 heterocycles. The van der Waals surface area contributed by atoms with Gasteiger partial charge in [0.15, 0.2) is 5.17 Å². The van der Waals surface area contributed by atoms with Gasteiger partial charge in [0.25, 0.3) is 5.91 Å². The fraction of sp³-hybridized carbons (Fsp3) is 0.414. The van der Waals surface area contributed by atoms with Crippen molar-refractivity contribution in [3.8, 4) is 0 Å². The summed E-state index contributed by atoms with van der Waals surface area (Å²) in [6.07, 6.45) is 2.53. The predicted molar refractivity (Wildman–Crippen MR) is 154 cm³/mol. The summed E-state index contributed by atoms with van der Waals surface area (Å²) in [5, 5.41) is 5.90. The summed E-state index contributed by atoms with van der Waals surface area (Å²) in [7, 11) is 1.63. The summed E-state index contributed by atoms with van der Waals surface area (Å²) >= 11 is 1.27. The van der Waals surface area contributed by atoms with Crippen molar-refractivity contribution in [1.82, 2.24) is 15.5 Å². The van der Waals surface area contributed by atoms with E-state index in [1.165, 1.54) is 16.7 Å². The molecule has 2 aromatic rings. The number of nitrogens with one attached hydrogen (secondary N) is 2. The minimum atomic E-state index is -0.681. The molecule has 0 unspecified atom stereocenters. The van der Waals surface area contributed by atoms with Crippen molar-refractivity contribution in [2.45, 2.75) is 50.3 Å². The molecule has 206 valence electrons. The number of ether oxygens (including phenoxy) is 1. The van der Waals surface area contributed by atoms with E-state index in [-0.39, 0.29) is 24.1 Å². The highest BCUT2D eigenvalue weighted by Gasteiger charge is 2.42. The van der Waals surface area contributed by atoms with Crippen molar-refractivity contribution < 1.29 is 19.1 Å². The standard InChI is InChI=1S/C29H35N5O4S/c1-3-24(27(36)31-17-9-19-38-2)39-29-33-22-13-8-7-12-21(22)26-32-23(28(37)34(26)29)14-15-25(35)30-18-16-20-10-5-4-6-11-20/h4-8,10-13,23-24H,3,9,14-19H2,1-2H3,(H,30,35)(H,31,36)/t23-,24+/m0/s1. The van der Waals surface area contributed by atoms with Gasteiger partial charge in [0.1, 0.15) is 11.9 Å². The van der Waals surface area contributed by atoms with E-state index in [1.54, 1.807) is 7.11 Å². The van der Waals surface area contributed by atoms with Crippen LogP contribution in [0.1, 0.15) is 43.7 Å². The molecule has 2 aliphatic heterocycles. The first-order valence-corrected chi connectivity index (χ1v) is 14.2. The van der Waals surface area contributed by atoms with Gasteiger partial charge in [-0.25, -0.2) is 9.89 Å². The average molecular weight is 550 g/mol. The van der Waals surface area contributed by atoms with Crippen LogP contribution in [0.2, 0.25) is 0 Å². The number of amidine groups is 2. The molecule has 0 fully saturated rings. The van der Waals surface area contributed by atoms with Gasteiger partial charge in [-0.2, -0.15) is 0 Å². The molecule has 9 nitrogen and oxygen atoms in total. The molecular formula is C29H35N5O4S. The van der Waals surface area contributed by atoms with E-state index < -0.39 is 11.3 Å². The maximum absolute atomic E-state index is 13.5. The van der Waals surface area contributed by atoms with Crippen molar-refractivity contribution in [2.24, 2.45) is 9.98 Å². The largest absolute Gasteiger partial charge is 0.385 e. The highest BCUT2D eigenvalue weighted by Crippen LogP contribution is 2.35. The van der Waals surface area contributed by atoms with Gasteiger partial charge in [-0.15, -0.1) is 0 Å². The summed E-state index contributed by atoms with van der Waals surface area (Å²) in [6.45, 7) is 3.56. The predicted octanol–water partition coefficient (Wildman–Crippen LogP) is 3.45. The van der Waals surface area contributed by atoms with E-state index in [4.69, 9.17) is 14.7 Å². The Morgan fingerprint density at radius 1 is 1.08 bits per heavy atom. The van der Waals surface area contributed by atoms with Gasteiger partial charge in [-0.1, -0.05) is 61.2 Å². The Kier molecular flexibility index (Phi) is 10.3. The minimum Gasteiger partial charge on any atom is -0.385 e. The SMILES string of the molecule is CC[C@@H](SC1=Nc2ccccc2C2=N[C@@H](CCC(=O)NCCc3ccccc3)C(=O)N12)C(=O)NCCCOC. The second-order valence-corrected chi connectivity index (χ2v) is 10.5. The summed E-state index contributed by atoms with van der Waals surface area (Å²) in [6, 6.07) is 16.8. The monoisotopic (exact) mass is 549 g/mol. The number of para-hydroxylation sites is 1. The Bertz CT molecular complexity index is 1230. The van der Waals surface area contributed by atoms with Gasteiger partial charge < -0.3 is 15.4 Å². The normalized spacial score (nSPS) is 16.6. The van der Waals surface area contributed by atoms with Gasteiger partial charge in [-0.3, -0.25) is 19.4 Å². The van der Waals surface area contributed by atoms with Crippen LogP contribution in [-0.4, -0.2) is 71.7 Å². The van der Waals surface area contributed by atoms with Crippen molar-refractivity contribution in [3.63, 3.8) is 0 Å². The lowest BCUT2D eigenvalue weighted by atomic mass is 10.1. The first-order valence-electron chi connectivity index (χ1n) is 13.4. The fourth-order valence-corrected chi connectivity index (χ4v) is 5.45. The number of hydrogen-bond donors (Lipinski definition) is 2. The zero-order valence-corrected chi connectivity index (χ0v) is 23.2. The number of thioether (sulfide) groups is 1. The van der Waals surface area contributed by atoms with Gasteiger partial charge in [0, 0.05) is 38.8 Å². The topological polar surface area (TPSA) is 112 Å². The highest BCUT2D eigenvalue weighted by atomic mass is 32.2. The molecule has 0 aliphatic carbocycles. The maximum atomic E-state index is 13.5. The number of amides is 3. The molecule has 0 spiro atoms. The average Bonchev–Trinajstić information content (AvgIpc) is 3.29. The third-order valence-corrected chi connectivity index (χ3v) is 7.82. The van der Waals surface area contributed by atoms with E-state index in [9.17, 15) is 14.4 Å². The molecule has 39 heavy (non-hydrogen) atoms. The molecule has 0 aromatic heterocycles. The van der Waals surface area contributed by atoms with Crippen molar-refractivity contribution in [2.75, 3.05) is 26.8 Å². The molecule has 2 atom stereocenters. The molecule has 4 rings (SSSR count). The van der Waals surface area contributed by atoms with Gasteiger partial charge >= 0.3 is 0 Å². The number of benzene rings is 2. The summed E-state index contributed by atoms with van der Waals surface area (Å²) in [5.41, 5.74) is 2.63. The van der Waals surface area contributed by atoms with Crippen LogP contribution in [0.4, 0.5) is 5.69 Å². The van der Waals surface area contributed by atoms with E-state index in [0.717, 1.165) is 24.0 Å². The Hall–Kier alpha value is -3.50. The summed E-state index contributed by atoms with van der Waals surface area (Å²) in [4.78, 5) is 49.9. The molecule has 0 saturated carbocycles. The number of carbonyl (C=O) groups excluding carboxylic acids is 3. The molecule has 3 amide bonds. The number of nitrogens with zero attached hydrogens (tertiary/aromatic N) is 3. The van der Waals surface area contributed by atoms with E-state index >= 15 is 0 Å². The summed E-state index contributed by atoms with van der Waals surface area (Å²) in [5.74, 6) is 0.0915. The Balaban J connectivity index is 1.40. The second kappa shape index (κ2) is 14.0. The number of hydrogen-bond acceptors (Lipinski definition) is 7. The van der Waals surface area contributed by atoms with Crippen molar-refractivity contribution in [3.05, 3.63) is 65.7 Å². The molecular weight excluding hydrogens is 514 g/mol. The number of fused-ring (bicyclic) bond motifs is 3. The molecule has 2 aromatic carbocycles. The third kappa shape index (κ3) is 7.33. The molecule has 10 heteroatoms. The van der Waals surface area contributed by atoms with E-state index in [1.807, 2.05) is 61.5 Å². The lowest BCUT2D eigenvalue weighted by Gasteiger charge is -2.27. The van der Waals surface area contributed by atoms with Crippen LogP contribution in [0.15, 0.2) is 64.6 Å². The molecule has 2 aliphatic rings. The van der Waals surface area contributed by atoms with Crippen LogP contribution in [0.25, 0.3) is 0 Å². The minimum absolute atomic E-state index is 0.103. The fourth-order valence-electron chi connectivity index (χ4n) is 4.41. The van der Waals surface area contributed by atoms with Crippen LogP contribution < -0.4 is 10.6 Å². The first kappa shape index (κ1) is 28.5. The maximum Gasteiger partial charge on any atom is 0.259 e. The van der Waals surface area contributed by atoms with Crippen molar-refractivity contribution in [1.29, 1.82) is 0 Å². The van der Waals surface area contributed by atoms with Crippen LogP contribution in [0, 0.1) is 0 Å². The molecule has 0 saturated heterocycles. The quantitative estimate of drug-likeness (QED) is 0.372. The number of carbonyl (C=O) groups is 3. The van der Waals surface area contributed by atoms with Crippen LogP contribution in [0.3, 0.4) is 0 Å². The number of rotatable bonds is 13. The van der Waals surface area contributed by atoms with Crippen molar-refractivity contribution >= 4 is 46.2 Å². The number of methoxy groups -OCH3 is 1. The molecule has 2 N–H and O–H groups in total. The zero-order valence-electron chi connectivity index (χ0n) is 22.4. The Morgan fingerprint density at radius 2 is 1.85 bits per heavy atom. The number of aliphatic imine (C=N–C) groups is 2. The zero-order chi connectivity index (χ0) is 27.6. The van der Waals surface area contributed by atoms with Crippen LogP contribution >= 0.6 is 11.8 Å². The Morgan fingerprint density at radius 3 is 2.62 bits per heavy atom. The van der Waals surface area contributed by atoms with E-state index in [2.05, 4.69) is 10.6 Å². The Labute approximate surface area is 233 Å².